The summed E-state index contributed by atoms with van der Waals surface area (Å²) in [6.45, 7) is -0.415. The van der Waals surface area contributed by atoms with Gasteiger partial charge in [0, 0.05) is 30.0 Å². The van der Waals surface area contributed by atoms with Crippen LogP contribution in [-0.2, 0) is 25.6 Å². The quantitative estimate of drug-likeness (QED) is 0.250. The molecule has 0 bridgehead atoms. The van der Waals surface area contributed by atoms with Crippen LogP contribution in [0.1, 0.15) is 18.4 Å². The van der Waals surface area contributed by atoms with Crippen LogP contribution in [0.25, 0.3) is 10.8 Å². The van der Waals surface area contributed by atoms with Crippen LogP contribution in [0.3, 0.4) is 0 Å². The molecule has 0 saturated carbocycles. The number of benzene rings is 3. The Morgan fingerprint density at radius 3 is 2.38 bits per heavy atom. The van der Waals surface area contributed by atoms with E-state index < -0.39 is 42.3 Å². The molecule has 0 aromatic heterocycles. The summed E-state index contributed by atoms with van der Waals surface area (Å²) in [5.41, 5.74) is 7.01. The molecule has 194 valence electrons. The highest BCUT2D eigenvalue weighted by Crippen LogP contribution is 2.29. The fraction of sp³-hybridized carbons (Fsp3) is 0.259. The smallest absolute Gasteiger partial charge is 0.303 e. The molecule has 10 nitrogen and oxygen atoms in total. The number of hydrogen-bond donors (Lipinski definition) is 5. The molecule has 3 rings (SSSR count). The highest BCUT2D eigenvalue weighted by molar-refractivity contribution is 6.01. The van der Waals surface area contributed by atoms with E-state index in [0.29, 0.717) is 11.4 Å². The van der Waals surface area contributed by atoms with E-state index in [9.17, 15) is 19.2 Å². The lowest BCUT2D eigenvalue weighted by molar-refractivity contribution is -0.137. The molecule has 0 aliphatic carbocycles. The lowest BCUT2D eigenvalue weighted by Gasteiger charge is -2.20. The number of amides is 3. The Morgan fingerprint density at radius 1 is 0.973 bits per heavy atom. The minimum Gasteiger partial charge on any atom is -0.496 e. The van der Waals surface area contributed by atoms with Crippen molar-refractivity contribution in [1.82, 2.24) is 10.6 Å². The van der Waals surface area contributed by atoms with Gasteiger partial charge in [-0.05, 0) is 23.4 Å². The van der Waals surface area contributed by atoms with Gasteiger partial charge in [-0.3, -0.25) is 19.2 Å². The molecule has 3 aromatic carbocycles. The van der Waals surface area contributed by atoms with Gasteiger partial charge >= 0.3 is 5.97 Å². The van der Waals surface area contributed by atoms with Crippen LogP contribution < -0.4 is 26.4 Å². The first-order valence-electron chi connectivity index (χ1n) is 11.7. The first-order chi connectivity index (χ1) is 17.8. The molecule has 2 atom stereocenters. The highest BCUT2D eigenvalue weighted by Gasteiger charge is 2.23. The number of nitrogens with two attached hydrogens (primary N) is 1. The van der Waals surface area contributed by atoms with Gasteiger partial charge in [0.15, 0.2) is 0 Å². The second-order valence-electron chi connectivity index (χ2n) is 8.46. The number of fused-ring (bicyclic) bond motifs is 1. The van der Waals surface area contributed by atoms with Crippen molar-refractivity contribution in [1.29, 1.82) is 0 Å². The number of carboxylic acid groups (broad SMARTS) is 1. The molecule has 0 radical (unpaired) electrons. The lowest BCUT2D eigenvalue weighted by atomic mass is 10.0. The summed E-state index contributed by atoms with van der Waals surface area (Å²) in [6.07, 6.45) is -0.105. The van der Waals surface area contributed by atoms with E-state index in [4.69, 9.17) is 15.6 Å². The topological polar surface area (TPSA) is 160 Å². The van der Waals surface area contributed by atoms with Crippen molar-refractivity contribution in [2.24, 2.45) is 5.73 Å². The van der Waals surface area contributed by atoms with Crippen LogP contribution >= 0.6 is 0 Å². The van der Waals surface area contributed by atoms with Gasteiger partial charge < -0.3 is 31.5 Å². The zero-order valence-electron chi connectivity index (χ0n) is 20.4. The first kappa shape index (κ1) is 27.2. The molecule has 0 aliphatic heterocycles. The van der Waals surface area contributed by atoms with E-state index >= 15 is 0 Å². The fourth-order valence-corrected chi connectivity index (χ4v) is 3.76. The highest BCUT2D eigenvalue weighted by atomic mass is 16.5. The van der Waals surface area contributed by atoms with Crippen molar-refractivity contribution in [3.8, 4) is 5.75 Å². The predicted octanol–water partition coefficient (Wildman–Crippen LogP) is 1.82. The van der Waals surface area contributed by atoms with Gasteiger partial charge in [0.1, 0.15) is 11.8 Å². The second kappa shape index (κ2) is 13.0. The Labute approximate surface area is 214 Å². The number of carboxylic acids is 1. The van der Waals surface area contributed by atoms with E-state index in [1.54, 1.807) is 13.2 Å². The lowest BCUT2D eigenvalue weighted by Crippen LogP contribution is -2.50. The molecule has 6 N–H and O–H groups in total. The minimum atomic E-state index is -1.07. The molecule has 10 heteroatoms. The van der Waals surface area contributed by atoms with E-state index in [0.717, 1.165) is 16.3 Å². The summed E-state index contributed by atoms with van der Waals surface area (Å²) >= 11 is 0. The zero-order chi connectivity index (χ0) is 26.8. The molecular weight excluding hydrogens is 476 g/mol. The van der Waals surface area contributed by atoms with E-state index in [2.05, 4.69) is 16.0 Å². The number of methoxy groups -OCH3 is 1. The number of ether oxygens (including phenoxy) is 1. The monoisotopic (exact) mass is 506 g/mol. The van der Waals surface area contributed by atoms with Crippen molar-refractivity contribution < 1.29 is 29.0 Å². The summed E-state index contributed by atoms with van der Waals surface area (Å²) in [7, 11) is 1.55. The van der Waals surface area contributed by atoms with Crippen molar-refractivity contribution in [2.75, 3.05) is 19.0 Å². The van der Waals surface area contributed by atoms with Gasteiger partial charge in [-0.25, -0.2) is 0 Å². The van der Waals surface area contributed by atoms with Gasteiger partial charge in [-0.15, -0.1) is 0 Å². The fourth-order valence-electron chi connectivity index (χ4n) is 3.76. The number of aliphatic carboxylic acids is 1. The maximum Gasteiger partial charge on any atom is 0.303 e. The SMILES string of the molecule is COc1cc(NC(=O)[C@@H](Cc2ccccc2)NC(=O)CNC(=O)[C@@H](N)CCC(=O)O)cc2ccccc12. The second-order valence-corrected chi connectivity index (χ2v) is 8.46. The molecule has 3 aromatic rings. The number of hydrogen-bond acceptors (Lipinski definition) is 6. The van der Waals surface area contributed by atoms with Gasteiger partial charge in [0.2, 0.25) is 17.7 Å². The summed E-state index contributed by atoms with van der Waals surface area (Å²) in [5, 5.41) is 18.4. The molecular formula is C27H30N4O6. The maximum absolute atomic E-state index is 13.3. The van der Waals surface area contributed by atoms with Crippen LogP contribution in [0.5, 0.6) is 5.75 Å². The number of carbonyl (C=O) groups excluding carboxylic acids is 3. The maximum atomic E-state index is 13.3. The third-order valence-electron chi connectivity index (χ3n) is 5.67. The van der Waals surface area contributed by atoms with E-state index in [-0.39, 0.29) is 19.3 Å². The Hall–Kier alpha value is -4.44. The molecule has 0 saturated heterocycles. The van der Waals surface area contributed by atoms with Crippen LogP contribution in [-0.4, -0.2) is 54.5 Å². The van der Waals surface area contributed by atoms with Gasteiger partial charge in [-0.1, -0.05) is 54.6 Å². The van der Waals surface area contributed by atoms with Crippen LogP contribution in [0.4, 0.5) is 5.69 Å². The average molecular weight is 507 g/mol. The largest absolute Gasteiger partial charge is 0.496 e. The standard InChI is InChI=1S/C27H30N4O6/c1-37-23-15-19(14-18-9-5-6-10-20(18)23)30-27(36)22(13-17-7-3-2-4-8-17)31-24(32)16-29-26(35)21(28)11-12-25(33)34/h2-10,14-15,21-22H,11-13,16,28H2,1H3,(H,29,35)(H,30,36)(H,31,32)(H,33,34)/t21-,22+/m0/s1. The Bertz CT molecular complexity index is 1260. The molecule has 0 aliphatic rings. The number of anilines is 1. The first-order valence-corrected chi connectivity index (χ1v) is 11.7. The molecule has 0 heterocycles. The summed E-state index contributed by atoms with van der Waals surface area (Å²) in [5.74, 6) is -2.16. The van der Waals surface area contributed by atoms with Crippen LogP contribution in [0.15, 0.2) is 66.7 Å². The average Bonchev–Trinajstić information content (AvgIpc) is 2.89. The van der Waals surface area contributed by atoms with Crippen molar-refractivity contribution in [3.05, 3.63) is 72.3 Å². The predicted molar refractivity (Wildman–Crippen MR) is 139 cm³/mol. The van der Waals surface area contributed by atoms with Crippen molar-refractivity contribution in [2.45, 2.75) is 31.3 Å². The summed E-state index contributed by atoms with van der Waals surface area (Å²) in [6, 6.07) is 18.3. The normalized spacial score (nSPS) is 12.3. The Kier molecular flexibility index (Phi) is 9.56. The minimum absolute atomic E-state index is 0.0585. The van der Waals surface area contributed by atoms with E-state index in [1.165, 1.54) is 0 Å². The van der Waals surface area contributed by atoms with Crippen molar-refractivity contribution >= 4 is 40.2 Å². The summed E-state index contributed by atoms with van der Waals surface area (Å²) < 4.78 is 5.47. The zero-order valence-corrected chi connectivity index (χ0v) is 20.4. The molecule has 0 unspecified atom stereocenters. The van der Waals surface area contributed by atoms with Crippen LogP contribution in [0.2, 0.25) is 0 Å². The molecule has 37 heavy (non-hydrogen) atoms. The van der Waals surface area contributed by atoms with E-state index in [1.807, 2.05) is 60.7 Å². The molecule has 0 spiro atoms. The molecule has 3 amide bonds. The van der Waals surface area contributed by atoms with Crippen LogP contribution in [0, 0.1) is 0 Å². The summed E-state index contributed by atoms with van der Waals surface area (Å²) in [4.78, 5) is 48.6. The number of carbonyl (C=O) groups is 4. The Morgan fingerprint density at radius 2 is 1.68 bits per heavy atom. The van der Waals surface area contributed by atoms with Gasteiger partial charge in [0.05, 0.1) is 19.7 Å². The Balaban J connectivity index is 1.70. The van der Waals surface area contributed by atoms with Gasteiger partial charge in [0.25, 0.3) is 0 Å². The number of nitrogens with one attached hydrogen (secondary N) is 3. The molecule has 0 fully saturated rings. The van der Waals surface area contributed by atoms with Crippen molar-refractivity contribution in [3.63, 3.8) is 0 Å². The van der Waals surface area contributed by atoms with Gasteiger partial charge in [-0.2, -0.15) is 0 Å². The third kappa shape index (κ3) is 8.04. The number of rotatable bonds is 12. The third-order valence-corrected chi connectivity index (χ3v) is 5.67.